The van der Waals surface area contributed by atoms with Crippen LogP contribution in [0.2, 0.25) is 0 Å². The van der Waals surface area contributed by atoms with E-state index in [-0.39, 0.29) is 17.9 Å². The molecule has 1 aliphatic heterocycles. The number of carbonyl (C=O) groups is 3. The van der Waals surface area contributed by atoms with Gasteiger partial charge in [-0.3, -0.25) is 9.59 Å². The Morgan fingerprint density at radius 2 is 1.80 bits per heavy atom. The number of fused-ring (bicyclic) bond motifs is 2. The van der Waals surface area contributed by atoms with E-state index in [0.29, 0.717) is 39.9 Å². The van der Waals surface area contributed by atoms with Gasteiger partial charge in [0.15, 0.2) is 19.0 Å². The second-order valence-corrected chi connectivity index (χ2v) is 10.6. The van der Waals surface area contributed by atoms with Gasteiger partial charge in [-0.2, -0.15) is 0 Å². The lowest BCUT2D eigenvalue weighted by Gasteiger charge is -2.33. The summed E-state index contributed by atoms with van der Waals surface area (Å²) >= 11 is 0. The first-order valence-electron chi connectivity index (χ1n) is 12.6. The lowest BCUT2D eigenvalue weighted by Crippen LogP contribution is -2.45. The van der Waals surface area contributed by atoms with Gasteiger partial charge in [0.2, 0.25) is 0 Å². The molecule has 0 unspecified atom stereocenters. The van der Waals surface area contributed by atoms with Gasteiger partial charge >= 0.3 is 12.1 Å². The van der Waals surface area contributed by atoms with Crippen molar-refractivity contribution in [3.63, 3.8) is 0 Å². The molecule has 216 valence electrons. The van der Waals surface area contributed by atoms with E-state index in [0.717, 1.165) is 0 Å². The molecule has 4 rings (SSSR count). The summed E-state index contributed by atoms with van der Waals surface area (Å²) in [5.74, 6) is 0.609. The molecule has 2 aliphatic rings. The summed E-state index contributed by atoms with van der Waals surface area (Å²) in [5.41, 5.74) is -1.26. The normalized spacial score (nSPS) is 23.6. The van der Waals surface area contributed by atoms with E-state index in [4.69, 9.17) is 37.9 Å². The van der Waals surface area contributed by atoms with Crippen molar-refractivity contribution in [3.8, 4) is 17.2 Å². The van der Waals surface area contributed by atoms with Crippen molar-refractivity contribution in [3.05, 3.63) is 35.4 Å². The fourth-order valence-corrected chi connectivity index (χ4v) is 5.07. The van der Waals surface area contributed by atoms with Crippen molar-refractivity contribution >= 4 is 34.8 Å². The third-order valence-corrected chi connectivity index (χ3v) is 6.67. The number of aldehydes is 1. The first kappa shape index (κ1) is 29.2. The number of hydrogen-bond acceptors (Lipinski definition) is 11. The predicted octanol–water partition coefficient (Wildman–Crippen LogP) is 4.22. The molecule has 2 aromatic rings. The van der Waals surface area contributed by atoms with Crippen LogP contribution in [0.3, 0.4) is 0 Å². The molecular formula is C29H34O11. The summed E-state index contributed by atoms with van der Waals surface area (Å²) < 4.78 is 45.2. The van der Waals surface area contributed by atoms with E-state index in [1.807, 2.05) is 0 Å². The number of ether oxygens (including phenoxy) is 8. The van der Waals surface area contributed by atoms with E-state index < -0.39 is 41.6 Å². The summed E-state index contributed by atoms with van der Waals surface area (Å²) in [6.45, 7) is 8.05. The smallest absolute Gasteiger partial charge is 0.496 e. The Bertz CT molecular complexity index is 1360. The topological polar surface area (TPSA) is 128 Å². The van der Waals surface area contributed by atoms with Gasteiger partial charge in [0, 0.05) is 36.1 Å². The molecule has 0 N–H and O–H groups in total. The molecule has 4 atom stereocenters. The molecule has 0 amide bonds. The highest BCUT2D eigenvalue weighted by Gasteiger charge is 2.69. The van der Waals surface area contributed by atoms with E-state index in [9.17, 15) is 14.4 Å². The molecule has 0 saturated carbocycles. The zero-order valence-corrected chi connectivity index (χ0v) is 23.8. The highest BCUT2D eigenvalue weighted by Crippen LogP contribution is 2.56. The summed E-state index contributed by atoms with van der Waals surface area (Å²) in [6, 6.07) is 6.98. The first-order chi connectivity index (χ1) is 18.9. The number of benzene rings is 2. The fraction of sp³-hybridized carbons (Fsp3) is 0.483. The van der Waals surface area contributed by atoms with Gasteiger partial charge in [-0.15, -0.1) is 0 Å². The highest BCUT2D eigenvalue weighted by molar-refractivity contribution is 6.04. The van der Waals surface area contributed by atoms with Crippen molar-refractivity contribution in [1.82, 2.24) is 0 Å². The highest BCUT2D eigenvalue weighted by atomic mass is 16.8. The third-order valence-electron chi connectivity index (χ3n) is 6.67. The Morgan fingerprint density at radius 3 is 2.38 bits per heavy atom. The largest absolute Gasteiger partial charge is 0.509 e. The van der Waals surface area contributed by atoms with Crippen molar-refractivity contribution in [2.24, 2.45) is 0 Å². The monoisotopic (exact) mass is 558 g/mol. The second kappa shape index (κ2) is 11.0. The summed E-state index contributed by atoms with van der Waals surface area (Å²) in [5, 5.41) is 1.19. The Morgan fingerprint density at radius 1 is 1.07 bits per heavy atom. The molecule has 1 fully saturated rings. The molecule has 0 spiro atoms. The number of esters is 1. The molecule has 1 aliphatic carbocycles. The summed E-state index contributed by atoms with van der Waals surface area (Å²) in [6.07, 6.45) is -3.29. The maximum Gasteiger partial charge on any atom is 0.509 e. The molecule has 11 nitrogen and oxygen atoms in total. The van der Waals surface area contributed by atoms with Crippen LogP contribution in [0.15, 0.2) is 29.8 Å². The van der Waals surface area contributed by atoms with Crippen molar-refractivity contribution in [2.45, 2.75) is 64.1 Å². The zero-order chi connectivity index (χ0) is 29.4. The van der Waals surface area contributed by atoms with Crippen LogP contribution in [0, 0.1) is 0 Å². The first-order valence-corrected chi connectivity index (χ1v) is 12.6. The van der Waals surface area contributed by atoms with Gasteiger partial charge in [0.25, 0.3) is 0 Å². The molecule has 1 saturated heterocycles. The molecule has 40 heavy (non-hydrogen) atoms. The van der Waals surface area contributed by atoms with Gasteiger partial charge in [0.1, 0.15) is 40.8 Å². The predicted molar refractivity (Wildman–Crippen MR) is 142 cm³/mol. The van der Waals surface area contributed by atoms with Crippen LogP contribution in [-0.4, -0.2) is 76.0 Å². The molecular weight excluding hydrogens is 524 g/mol. The molecule has 1 heterocycles. The maximum atomic E-state index is 12.9. The zero-order valence-electron chi connectivity index (χ0n) is 23.8. The van der Waals surface area contributed by atoms with Crippen molar-refractivity contribution < 1.29 is 52.3 Å². The van der Waals surface area contributed by atoms with Crippen molar-refractivity contribution in [1.29, 1.82) is 0 Å². The fourth-order valence-electron chi connectivity index (χ4n) is 5.07. The molecule has 0 aromatic heterocycles. The van der Waals surface area contributed by atoms with E-state index in [2.05, 4.69) is 0 Å². The molecule has 2 aromatic carbocycles. The minimum Gasteiger partial charge on any atom is -0.496 e. The number of epoxide rings is 1. The van der Waals surface area contributed by atoms with Gasteiger partial charge in [-0.1, -0.05) is 12.1 Å². The standard InChI is InChI=1S/C29H34O11/c1-15(31)37-25-18(13-30)21(24(26-29(25,5)39-26)38-27(32)40-28(2,3)4)17-12-20(34-7)22-16(23(17)35-8)10-9-11-19(22)36-14-33-6/h9-13,24-26H,14H2,1-8H3/t24-,25+,26-,29+/m0/s1. The van der Waals surface area contributed by atoms with Gasteiger partial charge in [0.05, 0.1) is 19.6 Å². The van der Waals surface area contributed by atoms with Crippen LogP contribution >= 0.6 is 0 Å². The molecule has 0 bridgehead atoms. The lowest BCUT2D eigenvalue weighted by atomic mass is 9.77. The summed E-state index contributed by atoms with van der Waals surface area (Å²) in [4.78, 5) is 37.7. The Hall–Kier alpha value is -3.83. The number of hydrogen-bond donors (Lipinski definition) is 0. The van der Waals surface area contributed by atoms with Gasteiger partial charge in [-0.25, -0.2) is 4.79 Å². The van der Waals surface area contributed by atoms with Crippen molar-refractivity contribution in [2.75, 3.05) is 28.1 Å². The minimum absolute atomic E-state index is 0.000244. The van der Waals surface area contributed by atoms with Gasteiger partial charge < -0.3 is 37.9 Å². The Labute approximate surface area is 232 Å². The average molecular weight is 559 g/mol. The van der Waals surface area contributed by atoms with Crippen LogP contribution in [-0.2, 0) is 33.3 Å². The van der Waals surface area contributed by atoms with Gasteiger partial charge in [-0.05, 0) is 39.8 Å². The Balaban J connectivity index is 2.00. The maximum absolute atomic E-state index is 12.9. The molecule has 0 radical (unpaired) electrons. The average Bonchev–Trinajstić information content (AvgIpc) is 3.59. The van der Waals surface area contributed by atoms with E-state index >= 15 is 0 Å². The quantitative estimate of drug-likeness (QED) is 0.190. The third kappa shape index (κ3) is 5.31. The lowest BCUT2D eigenvalue weighted by molar-refractivity contribution is -0.147. The number of rotatable bonds is 9. The van der Waals surface area contributed by atoms with Crippen LogP contribution in [0.5, 0.6) is 17.2 Å². The minimum atomic E-state index is -1.10. The van der Waals surface area contributed by atoms with Crippen LogP contribution in [0.1, 0.15) is 40.2 Å². The second-order valence-electron chi connectivity index (χ2n) is 10.6. The van der Waals surface area contributed by atoms with E-state index in [1.54, 1.807) is 52.0 Å². The summed E-state index contributed by atoms with van der Waals surface area (Å²) in [7, 11) is 4.48. The van der Waals surface area contributed by atoms with E-state index in [1.165, 1.54) is 28.3 Å². The number of methoxy groups -OCH3 is 3. The SMILES string of the molecule is COCOc1cccc2c(OC)c(C3=C(C=O)[C@@H](OC(C)=O)[C@@]4(C)O[C@H]4[C@H]3OC(=O)OC(C)(C)C)cc(OC)c12. The Kier molecular flexibility index (Phi) is 8.00. The van der Waals surface area contributed by atoms with Crippen LogP contribution in [0.25, 0.3) is 16.3 Å². The number of carbonyl (C=O) groups excluding carboxylic acids is 3. The molecule has 11 heteroatoms. The van der Waals surface area contributed by atoms with Crippen LogP contribution in [0.4, 0.5) is 4.79 Å². The van der Waals surface area contributed by atoms with Crippen LogP contribution < -0.4 is 14.2 Å².